The second kappa shape index (κ2) is 15.3. The lowest BCUT2D eigenvalue weighted by Gasteiger charge is -2.28. The smallest absolute Gasteiger partial charge is 0.222 e. The zero-order valence-corrected chi connectivity index (χ0v) is 27.9. The molecule has 232 valence electrons. The minimum absolute atomic E-state index is 0.181. The van der Waals surface area contributed by atoms with Gasteiger partial charge < -0.3 is 10.2 Å². The molecule has 2 rings (SSSR count). The van der Waals surface area contributed by atoms with Gasteiger partial charge in [0.25, 0.3) is 0 Å². The van der Waals surface area contributed by atoms with Crippen LogP contribution < -0.4 is 0 Å². The molecule has 0 bridgehead atoms. The number of aliphatic hydroxyl groups is 2. The van der Waals surface area contributed by atoms with Crippen LogP contribution in [0.15, 0.2) is 153 Å². The molecule has 0 spiro atoms. The van der Waals surface area contributed by atoms with E-state index in [0.717, 1.165) is 33.4 Å². The third kappa shape index (κ3) is 10.1. The largest absolute Gasteiger partial charge is 0.504 e. The quantitative estimate of drug-likeness (QED) is 0.248. The van der Waals surface area contributed by atoms with Gasteiger partial charge in [-0.15, -0.1) is 0 Å². The van der Waals surface area contributed by atoms with Gasteiger partial charge in [0.1, 0.15) is 0 Å². The van der Waals surface area contributed by atoms with E-state index in [-0.39, 0.29) is 23.1 Å². The molecule has 0 radical (unpaired) electrons. The molecule has 0 aromatic carbocycles. The van der Waals surface area contributed by atoms with Gasteiger partial charge in [-0.1, -0.05) is 135 Å². The molecule has 4 heteroatoms. The molecule has 0 unspecified atom stereocenters. The highest BCUT2D eigenvalue weighted by atomic mass is 16.3. The molecule has 0 amide bonds. The van der Waals surface area contributed by atoms with Gasteiger partial charge in [-0.05, 0) is 64.8 Å². The molecule has 0 aliphatic heterocycles. The maximum Gasteiger partial charge on any atom is 0.222 e. The Labute approximate surface area is 264 Å². The second-order valence-corrected chi connectivity index (χ2v) is 12.7. The Hall–Kier alpha value is -4.44. The molecule has 0 saturated heterocycles. The van der Waals surface area contributed by atoms with E-state index in [4.69, 9.17) is 0 Å². The molecule has 2 aliphatic rings. The van der Waals surface area contributed by atoms with Gasteiger partial charge >= 0.3 is 0 Å². The van der Waals surface area contributed by atoms with E-state index >= 15 is 0 Å². The number of carbonyl (C=O) groups excluding carboxylic acids is 2. The Balaban J connectivity index is 1.95. The Morgan fingerprint density at radius 3 is 1.18 bits per heavy atom. The summed E-state index contributed by atoms with van der Waals surface area (Å²) in [5.41, 5.74) is 6.47. The molecule has 4 nitrogen and oxygen atoms in total. The minimum Gasteiger partial charge on any atom is -0.504 e. The van der Waals surface area contributed by atoms with Crippen LogP contribution in [0.4, 0.5) is 0 Å². The van der Waals surface area contributed by atoms with E-state index < -0.39 is 10.8 Å². The molecule has 0 atom stereocenters. The number of allylic oxidation sites excluding steroid dienone is 24. The number of rotatable bonds is 10. The van der Waals surface area contributed by atoms with Gasteiger partial charge in [0.05, 0.1) is 0 Å². The van der Waals surface area contributed by atoms with E-state index in [0.29, 0.717) is 11.1 Å². The second-order valence-electron chi connectivity index (χ2n) is 12.7. The lowest BCUT2D eigenvalue weighted by atomic mass is 9.76. The van der Waals surface area contributed by atoms with Crippen LogP contribution in [0.5, 0.6) is 0 Å². The number of aliphatic hydroxyl groups excluding tert-OH is 2. The van der Waals surface area contributed by atoms with Crippen molar-refractivity contribution in [3.63, 3.8) is 0 Å². The molecule has 2 aliphatic carbocycles. The lowest BCUT2D eigenvalue weighted by Crippen LogP contribution is -2.23. The van der Waals surface area contributed by atoms with Gasteiger partial charge in [-0.2, -0.15) is 0 Å². The molecule has 0 heterocycles. The zero-order chi connectivity index (χ0) is 33.2. The van der Waals surface area contributed by atoms with Crippen molar-refractivity contribution in [3.05, 3.63) is 153 Å². The molecule has 44 heavy (non-hydrogen) atoms. The summed E-state index contributed by atoms with van der Waals surface area (Å²) in [5, 5.41) is 19.8. The summed E-state index contributed by atoms with van der Waals surface area (Å²) in [4.78, 5) is 24.3. The fourth-order valence-corrected chi connectivity index (χ4v) is 5.01. The first-order valence-electron chi connectivity index (χ1n) is 14.9. The van der Waals surface area contributed by atoms with Crippen molar-refractivity contribution in [1.29, 1.82) is 0 Å². The van der Waals surface area contributed by atoms with E-state index in [1.807, 2.05) is 140 Å². The van der Waals surface area contributed by atoms with Gasteiger partial charge in [-0.3, -0.25) is 9.59 Å². The third-order valence-corrected chi connectivity index (χ3v) is 7.63. The van der Waals surface area contributed by atoms with Crippen molar-refractivity contribution in [2.75, 3.05) is 0 Å². The fourth-order valence-electron chi connectivity index (χ4n) is 5.01. The van der Waals surface area contributed by atoms with Gasteiger partial charge in [0.15, 0.2) is 11.5 Å². The number of Topliss-reactive ketones (excluding diaryl/α,β-unsaturated/α-hetero) is 2. The lowest BCUT2D eigenvalue weighted by molar-refractivity contribution is -0.115. The van der Waals surface area contributed by atoms with E-state index in [9.17, 15) is 19.8 Å². The molecule has 0 aromatic rings. The minimum atomic E-state index is -0.409. The normalized spacial score (nSPS) is 20.9. The van der Waals surface area contributed by atoms with E-state index in [1.165, 1.54) is 0 Å². The van der Waals surface area contributed by atoms with Crippen molar-refractivity contribution in [2.24, 2.45) is 10.8 Å². The van der Waals surface area contributed by atoms with Crippen molar-refractivity contribution >= 4 is 11.6 Å². The highest BCUT2D eigenvalue weighted by molar-refractivity contribution is 6.09. The van der Waals surface area contributed by atoms with Crippen LogP contribution in [0.3, 0.4) is 0 Å². The van der Waals surface area contributed by atoms with Crippen LogP contribution in [0, 0.1) is 10.8 Å². The Morgan fingerprint density at radius 2 is 0.841 bits per heavy atom. The van der Waals surface area contributed by atoms with Crippen molar-refractivity contribution in [1.82, 2.24) is 0 Å². The monoisotopic (exact) mass is 592 g/mol. The number of hydrogen-bond acceptors (Lipinski definition) is 4. The topological polar surface area (TPSA) is 74.6 Å². The van der Waals surface area contributed by atoms with Crippen LogP contribution in [0.2, 0.25) is 0 Å². The SMILES string of the molecule is CC1=C(/C=C/C(C)=C/C=C/C(C)=C/C=C/C=C(C)/C=C/C=C(C)/C=C/C2=C(C)C(=O)C(O)=CC2(C)C)C(C)(C)C=C(O)C1=O. The summed E-state index contributed by atoms with van der Waals surface area (Å²) in [7, 11) is 0. The maximum atomic E-state index is 12.2. The standard InChI is InChI=1S/C40H48O4/c1-27(17-13-19-29(3)21-23-33-31(5)37(43)35(41)25-39(33,7)8)15-11-12-16-28(2)18-14-20-30(4)22-24-34-32(6)38(44)36(42)26-40(34,9)10/h11-26,41-42H,1-10H3/b12-11+,17-13+,18-14+,23-21+,24-22+,27-15+,28-16+,29-19+,30-20+. The molecular formula is C40H48O4. The zero-order valence-electron chi connectivity index (χ0n) is 27.9. The number of hydrogen-bond donors (Lipinski definition) is 2. The van der Waals surface area contributed by atoms with Crippen LogP contribution in [-0.2, 0) is 9.59 Å². The highest BCUT2D eigenvalue weighted by Gasteiger charge is 2.32. The predicted octanol–water partition coefficient (Wildman–Crippen LogP) is 10.3. The molecule has 0 fully saturated rings. The van der Waals surface area contributed by atoms with Crippen LogP contribution in [-0.4, -0.2) is 21.8 Å². The van der Waals surface area contributed by atoms with Gasteiger partial charge in [0.2, 0.25) is 11.6 Å². The summed E-state index contributed by atoms with van der Waals surface area (Å²) in [6.07, 6.45) is 31.4. The summed E-state index contributed by atoms with van der Waals surface area (Å²) >= 11 is 0. The Morgan fingerprint density at radius 1 is 0.545 bits per heavy atom. The number of ketones is 2. The molecule has 0 aromatic heterocycles. The summed E-state index contributed by atoms with van der Waals surface area (Å²) in [6.45, 7) is 19.6. The maximum absolute atomic E-state index is 12.2. The van der Waals surface area contributed by atoms with Crippen molar-refractivity contribution < 1.29 is 19.8 Å². The van der Waals surface area contributed by atoms with Gasteiger partial charge in [0, 0.05) is 22.0 Å². The van der Waals surface area contributed by atoms with Gasteiger partial charge in [-0.25, -0.2) is 0 Å². The van der Waals surface area contributed by atoms with Crippen molar-refractivity contribution in [2.45, 2.75) is 69.2 Å². The summed E-state index contributed by atoms with van der Waals surface area (Å²) in [5.74, 6) is -0.992. The van der Waals surface area contributed by atoms with Crippen LogP contribution >= 0.6 is 0 Å². The predicted molar refractivity (Wildman–Crippen MR) is 185 cm³/mol. The fraction of sp³-hybridized carbons (Fsp3) is 0.300. The first-order valence-corrected chi connectivity index (χ1v) is 14.9. The Bertz CT molecular complexity index is 1450. The summed E-state index contributed by atoms with van der Waals surface area (Å²) in [6, 6.07) is 0. The molecule has 2 N–H and O–H groups in total. The van der Waals surface area contributed by atoms with Crippen LogP contribution in [0.25, 0.3) is 0 Å². The average molecular weight is 593 g/mol. The Kier molecular flexibility index (Phi) is 12.5. The first-order chi connectivity index (χ1) is 20.5. The molecule has 0 saturated carbocycles. The van der Waals surface area contributed by atoms with E-state index in [2.05, 4.69) is 0 Å². The first kappa shape index (κ1) is 35.8. The summed E-state index contributed by atoms with van der Waals surface area (Å²) < 4.78 is 0. The number of carbonyl (C=O) groups is 2. The van der Waals surface area contributed by atoms with Crippen LogP contribution in [0.1, 0.15) is 69.2 Å². The average Bonchev–Trinajstić information content (AvgIpc) is 2.92. The third-order valence-electron chi connectivity index (χ3n) is 7.63. The molecular weight excluding hydrogens is 544 g/mol. The van der Waals surface area contributed by atoms with E-state index in [1.54, 1.807) is 26.0 Å². The highest BCUT2D eigenvalue weighted by Crippen LogP contribution is 2.38. The van der Waals surface area contributed by atoms with Crippen molar-refractivity contribution in [3.8, 4) is 0 Å².